The molecule has 0 aromatic carbocycles. The number of aliphatic carboxylic acids is 1. The first-order valence-corrected chi connectivity index (χ1v) is 9.75. The van der Waals surface area contributed by atoms with Crippen LogP contribution in [0.5, 0.6) is 0 Å². The van der Waals surface area contributed by atoms with Gasteiger partial charge in [0.15, 0.2) is 0 Å². The van der Waals surface area contributed by atoms with Crippen molar-refractivity contribution in [3.63, 3.8) is 0 Å². The number of carboxylic acid groups (broad SMARTS) is 1. The fraction of sp³-hybridized carbons (Fsp3) is 0.609. The van der Waals surface area contributed by atoms with Gasteiger partial charge >= 0.3 is 5.97 Å². The zero-order chi connectivity index (χ0) is 18.4. The van der Waals surface area contributed by atoms with Crippen LogP contribution >= 0.6 is 0 Å². The molecule has 1 N–H and O–H groups in total. The van der Waals surface area contributed by atoms with Crippen LogP contribution in [-0.4, -0.2) is 11.1 Å². The van der Waals surface area contributed by atoms with Gasteiger partial charge in [-0.3, -0.25) is 4.79 Å². The van der Waals surface area contributed by atoms with Crippen molar-refractivity contribution in [1.82, 2.24) is 0 Å². The lowest BCUT2D eigenvalue weighted by molar-refractivity contribution is -0.136. The Morgan fingerprint density at radius 3 is 2.24 bits per heavy atom. The van der Waals surface area contributed by atoms with Crippen molar-refractivity contribution in [3.8, 4) is 23.7 Å². The molecule has 0 saturated carbocycles. The smallest absolute Gasteiger partial charge is 0.304 e. The van der Waals surface area contributed by atoms with Crippen LogP contribution in [0.1, 0.15) is 90.4 Å². The van der Waals surface area contributed by atoms with Crippen molar-refractivity contribution in [3.05, 3.63) is 24.3 Å². The molecule has 0 atom stereocenters. The second-order valence-corrected chi connectivity index (χ2v) is 6.12. The van der Waals surface area contributed by atoms with Gasteiger partial charge in [-0.1, -0.05) is 69.1 Å². The number of carboxylic acids is 1. The van der Waals surface area contributed by atoms with Gasteiger partial charge < -0.3 is 5.11 Å². The van der Waals surface area contributed by atoms with E-state index in [1.807, 2.05) is 12.2 Å². The minimum Gasteiger partial charge on any atom is -0.481 e. The van der Waals surface area contributed by atoms with Gasteiger partial charge in [0, 0.05) is 19.3 Å². The summed E-state index contributed by atoms with van der Waals surface area (Å²) in [5.41, 5.74) is 0. The summed E-state index contributed by atoms with van der Waals surface area (Å²) < 4.78 is 0. The van der Waals surface area contributed by atoms with Gasteiger partial charge in [0.05, 0.1) is 6.42 Å². The van der Waals surface area contributed by atoms with Gasteiger partial charge in [0.25, 0.3) is 0 Å². The summed E-state index contributed by atoms with van der Waals surface area (Å²) in [6, 6.07) is 0. The molecule has 0 aliphatic carbocycles. The summed E-state index contributed by atoms with van der Waals surface area (Å²) in [4.78, 5) is 10.3. The maximum absolute atomic E-state index is 10.3. The van der Waals surface area contributed by atoms with Crippen LogP contribution in [0, 0.1) is 23.7 Å². The second-order valence-electron chi connectivity index (χ2n) is 6.12. The van der Waals surface area contributed by atoms with Gasteiger partial charge in [-0.15, -0.1) is 11.8 Å². The summed E-state index contributed by atoms with van der Waals surface area (Å²) in [6.45, 7) is 2.17. The Bertz CT molecular complexity index is 492. The van der Waals surface area contributed by atoms with Crippen LogP contribution in [0.2, 0.25) is 0 Å². The maximum Gasteiger partial charge on any atom is 0.304 e. The van der Waals surface area contributed by atoms with Crippen LogP contribution in [0.25, 0.3) is 0 Å². The lowest BCUT2D eigenvalue weighted by atomic mass is 10.1. The van der Waals surface area contributed by atoms with E-state index in [0.29, 0.717) is 6.42 Å². The van der Waals surface area contributed by atoms with Crippen molar-refractivity contribution in [1.29, 1.82) is 0 Å². The molecule has 25 heavy (non-hydrogen) atoms. The van der Waals surface area contributed by atoms with Crippen molar-refractivity contribution in [2.24, 2.45) is 0 Å². The molecular formula is C23H34O2. The monoisotopic (exact) mass is 342 g/mol. The first kappa shape index (κ1) is 23.1. The molecule has 0 saturated heterocycles. The summed E-state index contributed by atoms with van der Waals surface area (Å²) in [5.74, 6) is 11.3. The minimum absolute atomic E-state index is 0.115. The Hall–Kier alpha value is -1.93. The van der Waals surface area contributed by atoms with E-state index in [9.17, 15) is 4.79 Å². The quantitative estimate of drug-likeness (QED) is 0.243. The van der Waals surface area contributed by atoms with Crippen molar-refractivity contribution < 1.29 is 9.90 Å². The first-order valence-electron chi connectivity index (χ1n) is 9.75. The van der Waals surface area contributed by atoms with E-state index in [2.05, 4.69) is 36.7 Å². The molecule has 0 unspecified atom stereocenters. The SMILES string of the molecule is CCCC#CCCCCCCCCC/C=C/C=CC#CCCC(=O)O. The summed E-state index contributed by atoms with van der Waals surface area (Å²) in [7, 11) is 0. The Morgan fingerprint density at radius 2 is 1.52 bits per heavy atom. The molecule has 0 aromatic heterocycles. The van der Waals surface area contributed by atoms with E-state index in [4.69, 9.17) is 5.11 Å². The van der Waals surface area contributed by atoms with Crippen molar-refractivity contribution in [2.45, 2.75) is 90.4 Å². The highest BCUT2D eigenvalue weighted by molar-refractivity contribution is 5.67. The van der Waals surface area contributed by atoms with Crippen LogP contribution in [0.15, 0.2) is 24.3 Å². The zero-order valence-corrected chi connectivity index (χ0v) is 15.9. The Labute approximate surface area is 154 Å². The molecule has 0 aliphatic rings. The van der Waals surface area contributed by atoms with E-state index in [1.165, 1.54) is 51.4 Å². The average molecular weight is 343 g/mol. The Balaban J connectivity index is 3.32. The van der Waals surface area contributed by atoms with E-state index in [0.717, 1.165) is 19.3 Å². The van der Waals surface area contributed by atoms with E-state index >= 15 is 0 Å². The summed E-state index contributed by atoms with van der Waals surface area (Å²) in [5, 5.41) is 8.46. The molecule has 0 fully saturated rings. The summed E-state index contributed by atoms with van der Waals surface area (Å²) in [6.07, 6.45) is 21.9. The number of hydrogen-bond donors (Lipinski definition) is 1. The van der Waals surface area contributed by atoms with Gasteiger partial charge in [0.1, 0.15) is 0 Å². The predicted octanol–water partition coefficient (Wildman–Crippen LogP) is 6.28. The molecule has 0 heterocycles. The third-order valence-corrected chi connectivity index (χ3v) is 3.67. The number of unbranched alkanes of at least 4 members (excludes halogenated alkanes) is 9. The van der Waals surface area contributed by atoms with Crippen LogP contribution in [0.4, 0.5) is 0 Å². The highest BCUT2D eigenvalue weighted by atomic mass is 16.4. The molecule has 0 rings (SSSR count). The molecule has 2 heteroatoms. The lowest BCUT2D eigenvalue weighted by Gasteiger charge is -1.99. The van der Waals surface area contributed by atoms with Gasteiger partial charge in [-0.25, -0.2) is 0 Å². The number of rotatable bonds is 13. The van der Waals surface area contributed by atoms with Gasteiger partial charge in [-0.05, 0) is 31.8 Å². The topological polar surface area (TPSA) is 37.3 Å². The van der Waals surface area contributed by atoms with Crippen molar-refractivity contribution >= 4 is 5.97 Å². The third kappa shape index (κ3) is 22.1. The van der Waals surface area contributed by atoms with E-state index in [1.54, 1.807) is 6.08 Å². The average Bonchev–Trinajstić information content (AvgIpc) is 2.60. The summed E-state index contributed by atoms with van der Waals surface area (Å²) >= 11 is 0. The van der Waals surface area contributed by atoms with E-state index < -0.39 is 5.97 Å². The number of carbonyl (C=O) groups is 1. The van der Waals surface area contributed by atoms with Gasteiger partial charge in [0.2, 0.25) is 0 Å². The Morgan fingerprint density at radius 1 is 0.840 bits per heavy atom. The standard InChI is InChI=1S/C23H34O2/c1-2-3-4-5-6-7-8-9-10-11-12-13-14-15-16-17-18-19-20-21-22-23(24)25/h15-18H,2-3,6-14,21-22H2,1H3,(H,24,25)/b16-15+,18-17?. The molecule has 0 aromatic rings. The predicted molar refractivity (Wildman–Crippen MR) is 107 cm³/mol. The number of hydrogen-bond acceptors (Lipinski definition) is 1. The van der Waals surface area contributed by atoms with Crippen LogP contribution in [-0.2, 0) is 4.79 Å². The molecule has 2 nitrogen and oxygen atoms in total. The fourth-order valence-electron chi connectivity index (χ4n) is 2.24. The van der Waals surface area contributed by atoms with E-state index in [-0.39, 0.29) is 6.42 Å². The lowest BCUT2D eigenvalue weighted by Crippen LogP contribution is -1.91. The zero-order valence-electron chi connectivity index (χ0n) is 15.9. The molecule has 0 aliphatic heterocycles. The molecule has 0 bridgehead atoms. The van der Waals surface area contributed by atoms with Crippen molar-refractivity contribution in [2.75, 3.05) is 0 Å². The maximum atomic E-state index is 10.3. The third-order valence-electron chi connectivity index (χ3n) is 3.67. The highest BCUT2D eigenvalue weighted by Crippen LogP contribution is 2.09. The molecule has 138 valence electrons. The highest BCUT2D eigenvalue weighted by Gasteiger charge is 1.91. The van der Waals surface area contributed by atoms with Crippen LogP contribution in [0.3, 0.4) is 0 Å². The Kier molecular flexibility index (Phi) is 18.6. The van der Waals surface area contributed by atoms with Crippen LogP contribution < -0.4 is 0 Å². The molecule has 0 spiro atoms. The largest absolute Gasteiger partial charge is 0.481 e. The minimum atomic E-state index is -0.796. The molecule has 0 amide bonds. The normalized spacial score (nSPS) is 10.4. The molecule has 0 radical (unpaired) electrons. The second kappa shape index (κ2) is 20.1. The number of allylic oxidation sites excluding steroid dienone is 4. The first-order chi connectivity index (χ1) is 12.3. The fourth-order valence-corrected chi connectivity index (χ4v) is 2.24. The van der Waals surface area contributed by atoms with Gasteiger partial charge in [-0.2, -0.15) is 0 Å². The molecular weight excluding hydrogens is 308 g/mol.